The molecule has 1 saturated heterocycles. The molecular weight excluding hydrogens is 380 g/mol. The summed E-state index contributed by atoms with van der Waals surface area (Å²) in [6, 6.07) is 12.0. The van der Waals surface area contributed by atoms with Gasteiger partial charge in [0.05, 0.1) is 37.3 Å². The predicted octanol–water partition coefficient (Wildman–Crippen LogP) is 2.85. The minimum absolute atomic E-state index is 0.672. The first-order chi connectivity index (χ1) is 14.7. The van der Waals surface area contributed by atoms with E-state index in [1.165, 1.54) is 0 Å². The monoisotopic (exact) mass is 404 g/mol. The molecule has 154 valence electrons. The van der Waals surface area contributed by atoms with Crippen LogP contribution in [0.25, 0.3) is 21.9 Å². The molecular formula is C22H24N6O2. The van der Waals surface area contributed by atoms with Crippen LogP contribution in [0.5, 0.6) is 11.5 Å². The topological polar surface area (TPSA) is 79.4 Å². The summed E-state index contributed by atoms with van der Waals surface area (Å²) in [5, 5.41) is 0.973. The molecule has 0 radical (unpaired) electrons. The summed E-state index contributed by atoms with van der Waals surface area (Å²) in [7, 11) is 3.27. The third-order valence-electron chi connectivity index (χ3n) is 5.60. The zero-order valence-corrected chi connectivity index (χ0v) is 17.1. The van der Waals surface area contributed by atoms with E-state index in [-0.39, 0.29) is 0 Å². The Morgan fingerprint density at radius 3 is 2.47 bits per heavy atom. The van der Waals surface area contributed by atoms with Crippen molar-refractivity contribution >= 4 is 27.8 Å². The molecule has 2 aromatic carbocycles. The van der Waals surface area contributed by atoms with Gasteiger partial charge in [0, 0.05) is 37.6 Å². The lowest BCUT2D eigenvalue weighted by Crippen LogP contribution is -2.46. The van der Waals surface area contributed by atoms with Crippen molar-refractivity contribution in [2.45, 2.75) is 6.54 Å². The van der Waals surface area contributed by atoms with Crippen LogP contribution >= 0.6 is 0 Å². The molecule has 8 heteroatoms. The van der Waals surface area contributed by atoms with E-state index < -0.39 is 0 Å². The molecule has 0 amide bonds. The van der Waals surface area contributed by atoms with Crippen LogP contribution in [0.2, 0.25) is 0 Å². The van der Waals surface area contributed by atoms with Crippen molar-refractivity contribution in [3.8, 4) is 11.5 Å². The van der Waals surface area contributed by atoms with Crippen LogP contribution in [0.1, 0.15) is 5.82 Å². The molecule has 1 aliphatic rings. The van der Waals surface area contributed by atoms with Crippen molar-refractivity contribution in [2.75, 3.05) is 45.3 Å². The Kier molecular flexibility index (Phi) is 4.84. The first kappa shape index (κ1) is 18.6. The Morgan fingerprint density at radius 1 is 0.933 bits per heavy atom. The largest absolute Gasteiger partial charge is 0.493 e. The van der Waals surface area contributed by atoms with E-state index in [4.69, 9.17) is 14.5 Å². The molecule has 2 aromatic heterocycles. The Hall–Kier alpha value is -3.39. The van der Waals surface area contributed by atoms with Crippen LogP contribution in [0.15, 0.2) is 42.7 Å². The van der Waals surface area contributed by atoms with E-state index in [2.05, 4.69) is 30.8 Å². The summed E-state index contributed by atoms with van der Waals surface area (Å²) in [5.74, 6) is 3.30. The van der Waals surface area contributed by atoms with Gasteiger partial charge in [0.1, 0.15) is 18.0 Å². The molecule has 1 aliphatic heterocycles. The second-order valence-corrected chi connectivity index (χ2v) is 7.39. The summed E-state index contributed by atoms with van der Waals surface area (Å²) in [6.45, 7) is 4.48. The number of piperazine rings is 1. The van der Waals surface area contributed by atoms with Crippen molar-refractivity contribution in [1.82, 2.24) is 24.8 Å². The van der Waals surface area contributed by atoms with Crippen molar-refractivity contribution in [3.05, 3.63) is 48.5 Å². The molecule has 1 N–H and O–H groups in total. The standard InChI is InChI=1S/C22H24N6O2/c1-29-19-11-15-18(12-20(19)30-2)23-14-24-22(15)28-9-7-27(8-10-28)13-21-25-16-5-3-4-6-17(16)26-21/h3-6,11-12,14H,7-10,13H2,1-2H3,(H,25,26). The maximum absolute atomic E-state index is 5.48. The molecule has 0 bridgehead atoms. The lowest BCUT2D eigenvalue weighted by Gasteiger charge is -2.35. The smallest absolute Gasteiger partial charge is 0.162 e. The number of para-hydroxylation sites is 2. The van der Waals surface area contributed by atoms with Crippen molar-refractivity contribution in [2.24, 2.45) is 0 Å². The van der Waals surface area contributed by atoms with Crippen LogP contribution in [0.4, 0.5) is 5.82 Å². The number of aromatic amines is 1. The minimum atomic E-state index is 0.672. The quantitative estimate of drug-likeness (QED) is 0.548. The maximum Gasteiger partial charge on any atom is 0.162 e. The van der Waals surface area contributed by atoms with Gasteiger partial charge in [-0.1, -0.05) is 12.1 Å². The van der Waals surface area contributed by atoms with E-state index in [1.54, 1.807) is 20.5 Å². The number of rotatable bonds is 5. The van der Waals surface area contributed by atoms with Gasteiger partial charge in [0.25, 0.3) is 0 Å². The van der Waals surface area contributed by atoms with Gasteiger partial charge in [-0.2, -0.15) is 0 Å². The van der Waals surface area contributed by atoms with Gasteiger partial charge in [-0.05, 0) is 18.2 Å². The molecule has 3 heterocycles. The fourth-order valence-electron chi connectivity index (χ4n) is 4.03. The summed E-state index contributed by atoms with van der Waals surface area (Å²) in [4.78, 5) is 21.8. The molecule has 1 fully saturated rings. The first-order valence-electron chi connectivity index (χ1n) is 10.0. The molecule has 4 aromatic rings. The SMILES string of the molecule is COc1cc2ncnc(N3CCN(Cc4nc5ccccc5[nH]4)CC3)c2cc1OC. The van der Waals surface area contributed by atoms with E-state index in [1.807, 2.05) is 30.3 Å². The van der Waals surface area contributed by atoms with Crippen LogP contribution in [0, 0.1) is 0 Å². The van der Waals surface area contributed by atoms with Crippen molar-refractivity contribution < 1.29 is 9.47 Å². The molecule has 8 nitrogen and oxygen atoms in total. The zero-order valence-electron chi connectivity index (χ0n) is 17.1. The van der Waals surface area contributed by atoms with E-state index in [0.29, 0.717) is 11.5 Å². The second kappa shape index (κ2) is 7.79. The molecule has 0 atom stereocenters. The van der Waals surface area contributed by atoms with Crippen LogP contribution < -0.4 is 14.4 Å². The van der Waals surface area contributed by atoms with Gasteiger partial charge in [-0.3, -0.25) is 4.90 Å². The van der Waals surface area contributed by atoms with Crippen LogP contribution in [0.3, 0.4) is 0 Å². The Morgan fingerprint density at radius 2 is 1.70 bits per heavy atom. The number of aromatic nitrogens is 4. The number of nitrogens with one attached hydrogen (secondary N) is 1. The molecule has 30 heavy (non-hydrogen) atoms. The zero-order chi connectivity index (χ0) is 20.5. The highest BCUT2D eigenvalue weighted by Crippen LogP contribution is 2.34. The number of methoxy groups -OCH3 is 2. The Balaban J connectivity index is 1.33. The van der Waals surface area contributed by atoms with Gasteiger partial charge in [0.15, 0.2) is 11.5 Å². The number of anilines is 1. The van der Waals surface area contributed by atoms with Crippen LogP contribution in [-0.4, -0.2) is 65.2 Å². The second-order valence-electron chi connectivity index (χ2n) is 7.39. The highest BCUT2D eigenvalue weighted by molar-refractivity contribution is 5.92. The summed E-state index contributed by atoms with van der Waals surface area (Å²) in [6.07, 6.45) is 1.62. The van der Waals surface area contributed by atoms with Crippen LogP contribution in [-0.2, 0) is 6.54 Å². The molecule has 0 saturated carbocycles. The average Bonchev–Trinajstić information content (AvgIpc) is 3.20. The van der Waals surface area contributed by atoms with E-state index >= 15 is 0 Å². The Labute approximate surface area is 174 Å². The molecule has 5 rings (SSSR count). The number of benzene rings is 2. The van der Waals surface area contributed by atoms with Gasteiger partial charge >= 0.3 is 0 Å². The number of fused-ring (bicyclic) bond motifs is 2. The van der Waals surface area contributed by atoms with E-state index in [9.17, 15) is 0 Å². The lowest BCUT2D eigenvalue weighted by atomic mass is 10.2. The number of imidazole rings is 1. The normalized spacial score (nSPS) is 15.1. The van der Waals surface area contributed by atoms with Gasteiger partial charge < -0.3 is 19.4 Å². The molecule has 0 unspecified atom stereocenters. The number of hydrogen-bond acceptors (Lipinski definition) is 7. The third-order valence-corrected chi connectivity index (χ3v) is 5.60. The first-order valence-corrected chi connectivity index (χ1v) is 10.0. The molecule has 0 spiro atoms. The van der Waals surface area contributed by atoms with Gasteiger partial charge in [-0.15, -0.1) is 0 Å². The van der Waals surface area contributed by atoms with Crippen molar-refractivity contribution in [1.29, 1.82) is 0 Å². The third kappa shape index (κ3) is 3.39. The highest BCUT2D eigenvalue weighted by atomic mass is 16.5. The van der Waals surface area contributed by atoms with E-state index in [0.717, 1.165) is 66.3 Å². The summed E-state index contributed by atoms with van der Waals surface area (Å²) in [5.41, 5.74) is 2.95. The number of nitrogens with zero attached hydrogens (tertiary/aromatic N) is 5. The summed E-state index contributed by atoms with van der Waals surface area (Å²) < 4.78 is 10.9. The number of hydrogen-bond donors (Lipinski definition) is 1. The van der Waals surface area contributed by atoms with Crippen molar-refractivity contribution in [3.63, 3.8) is 0 Å². The van der Waals surface area contributed by atoms with Gasteiger partial charge in [-0.25, -0.2) is 15.0 Å². The average molecular weight is 404 g/mol. The number of ether oxygens (including phenoxy) is 2. The fraction of sp³-hybridized carbons (Fsp3) is 0.318. The Bertz CT molecular complexity index is 1150. The highest BCUT2D eigenvalue weighted by Gasteiger charge is 2.22. The maximum atomic E-state index is 5.48. The number of H-pyrrole nitrogens is 1. The lowest BCUT2D eigenvalue weighted by molar-refractivity contribution is 0.244. The minimum Gasteiger partial charge on any atom is -0.493 e. The molecule has 0 aliphatic carbocycles. The van der Waals surface area contributed by atoms with Gasteiger partial charge in [0.2, 0.25) is 0 Å². The predicted molar refractivity (Wildman–Crippen MR) is 116 cm³/mol. The summed E-state index contributed by atoms with van der Waals surface area (Å²) >= 11 is 0. The fourth-order valence-corrected chi connectivity index (χ4v) is 4.03.